The van der Waals surface area contributed by atoms with E-state index in [1.54, 1.807) is 13.0 Å². The Hall–Kier alpha value is -3.26. The second-order valence-corrected chi connectivity index (χ2v) is 8.25. The number of ether oxygens (including phenoxy) is 1. The number of hydrogen-bond donors (Lipinski definition) is 2. The van der Waals surface area contributed by atoms with Crippen molar-refractivity contribution in [2.45, 2.75) is 27.7 Å². The van der Waals surface area contributed by atoms with Gasteiger partial charge in [-0.3, -0.25) is 10.1 Å². The first kappa shape index (κ1) is 23.4. The van der Waals surface area contributed by atoms with Gasteiger partial charge >= 0.3 is 6.03 Å². The molecule has 32 heavy (non-hydrogen) atoms. The van der Waals surface area contributed by atoms with Crippen LogP contribution in [0.15, 0.2) is 46.9 Å². The van der Waals surface area contributed by atoms with E-state index in [-0.39, 0.29) is 0 Å². The molecule has 3 aromatic rings. The van der Waals surface area contributed by atoms with Crippen molar-refractivity contribution in [1.82, 2.24) is 5.32 Å². The molecule has 3 aromatic carbocycles. The van der Waals surface area contributed by atoms with Gasteiger partial charge in [0.25, 0.3) is 5.91 Å². The minimum atomic E-state index is -1.17. The fraction of sp³-hybridized carbons (Fsp3) is 0.167. The lowest BCUT2D eigenvalue weighted by Crippen LogP contribution is -2.35. The number of carbonyl (C=O) groups excluding carboxylic acids is 2. The molecule has 0 bridgehead atoms. The molecule has 0 aliphatic rings. The predicted octanol–water partition coefficient (Wildman–Crippen LogP) is 6.72. The van der Waals surface area contributed by atoms with Crippen LogP contribution in [0, 0.1) is 39.3 Å². The molecule has 3 amide bonds. The van der Waals surface area contributed by atoms with E-state index in [1.165, 1.54) is 0 Å². The quantitative estimate of drug-likeness (QED) is 0.416. The second-order valence-electron chi connectivity index (χ2n) is 7.34. The number of anilines is 1. The summed E-state index contributed by atoms with van der Waals surface area (Å²) < 4.78 is 34.6. The number of benzene rings is 3. The first-order chi connectivity index (χ1) is 15.1. The Balaban J connectivity index is 1.80. The normalized spacial score (nSPS) is 10.6. The van der Waals surface area contributed by atoms with Crippen LogP contribution in [0.25, 0.3) is 0 Å². The highest BCUT2D eigenvalue weighted by atomic mass is 79.9. The first-order valence-corrected chi connectivity index (χ1v) is 10.5. The average molecular weight is 503 g/mol. The zero-order valence-corrected chi connectivity index (χ0v) is 19.5. The van der Waals surface area contributed by atoms with E-state index in [9.17, 15) is 18.4 Å². The maximum Gasteiger partial charge on any atom is 0.326 e. The van der Waals surface area contributed by atoms with Crippen molar-refractivity contribution < 1.29 is 23.1 Å². The van der Waals surface area contributed by atoms with Crippen LogP contribution in [-0.4, -0.2) is 11.9 Å². The fourth-order valence-electron chi connectivity index (χ4n) is 3.22. The summed E-state index contributed by atoms with van der Waals surface area (Å²) in [6, 6.07) is 9.52. The van der Waals surface area contributed by atoms with Crippen LogP contribution in [-0.2, 0) is 0 Å². The molecule has 0 fully saturated rings. The molecule has 0 saturated carbocycles. The average Bonchev–Trinajstić information content (AvgIpc) is 2.70. The van der Waals surface area contributed by atoms with Crippen molar-refractivity contribution in [2.24, 2.45) is 0 Å². The van der Waals surface area contributed by atoms with Crippen molar-refractivity contribution in [1.29, 1.82) is 0 Å². The standard InChI is InChI=1S/C24H21BrF2N2O3/c1-12-10-16(25)8-9-20(12)32-22-13(2)11-19(14(3)15(22)4)28-24(31)29-23(30)21-17(26)6-5-7-18(21)27/h5-11H,1-4H3,(H2,28,29,30,31). The number of amides is 3. The maximum atomic E-state index is 13.8. The van der Waals surface area contributed by atoms with Crippen molar-refractivity contribution >= 4 is 33.6 Å². The topological polar surface area (TPSA) is 67.4 Å². The van der Waals surface area contributed by atoms with Crippen molar-refractivity contribution in [3.8, 4) is 11.5 Å². The summed E-state index contributed by atoms with van der Waals surface area (Å²) in [4.78, 5) is 24.5. The monoisotopic (exact) mass is 502 g/mol. The molecule has 2 N–H and O–H groups in total. The van der Waals surface area contributed by atoms with Crippen LogP contribution in [0.2, 0.25) is 0 Å². The number of halogens is 3. The number of hydrogen-bond acceptors (Lipinski definition) is 3. The third-order valence-electron chi connectivity index (χ3n) is 5.04. The second kappa shape index (κ2) is 9.48. The number of carbonyl (C=O) groups is 2. The smallest absolute Gasteiger partial charge is 0.326 e. The van der Waals surface area contributed by atoms with Crippen LogP contribution in [0.3, 0.4) is 0 Å². The lowest BCUT2D eigenvalue weighted by molar-refractivity contribution is 0.0959. The van der Waals surface area contributed by atoms with E-state index in [4.69, 9.17) is 4.74 Å². The van der Waals surface area contributed by atoms with Gasteiger partial charge in [-0.1, -0.05) is 22.0 Å². The van der Waals surface area contributed by atoms with Gasteiger partial charge < -0.3 is 10.1 Å². The van der Waals surface area contributed by atoms with Crippen LogP contribution >= 0.6 is 15.9 Å². The highest BCUT2D eigenvalue weighted by Crippen LogP contribution is 2.36. The summed E-state index contributed by atoms with van der Waals surface area (Å²) in [7, 11) is 0. The van der Waals surface area contributed by atoms with Gasteiger partial charge in [-0.2, -0.15) is 0 Å². The van der Waals surface area contributed by atoms with Crippen molar-refractivity contribution in [2.75, 3.05) is 5.32 Å². The lowest BCUT2D eigenvalue weighted by atomic mass is 10.0. The van der Waals surface area contributed by atoms with Gasteiger partial charge in [0.1, 0.15) is 28.7 Å². The van der Waals surface area contributed by atoms with Gasteiger partial charge in [0.15, 0.2) is 0 Å². The molecule has 0 aliphatic heterocycles. The number of imide groups is 1. The summed E-state index contributed by atoms with van der Waals surface area (Å²) >= 11 is 3.43. The molecule has 0 atom stereocenters. The number of rotatable bonds is 4. The van der Waals surface area contributed by atoms with E-state index < -0.39 is 29.1 Å². The predicted molar refractivity (Wildman–Crippen MR) is 122 cm³/mol. The Morgan fingerprint density at radius 2 is 1.56 bits per heavy atom. The van der Waals surface area contributed by atoms with Gasteiger partial charge in [-0.25, -0.2) is 13.6 Å². The molecule has 0 saturated heterocycles. The fourth-order valence-corrected chi connectivity index (χ4v) is 3.69. The van der Waals surface area contributed by atoms with E-state index in [0.29, 0.717) is 17.2 Å². The molecule has 5 nitrogen and oxygen atoms in total. The molecule has 0 aromatic heterocycles. The molecule has 8 heteroatoms. The molecule has 0 heterocycles. The number of urea groups is 1. The summed E-state index contributed by atoms with van der Waals surface area (Å²) in [5, 5.41) is 4.52. The number of nitrogens with one attached hydrogen (secondary N) is 2. The summed E-state index contributed by atoms with van der Waals surface area (Å²) in [6.45, 7) is 7.42. The van der Waals surface area contributed by atoms with Gasteiger partial charge in [0.05, 0.1) is 0 Å². The zero-order chi connectivity index (χ0) is 23.6. The molecular formula is C24H21BrF2N2O3. The van der Waals surface area contributed by atoms with Crippen molar-refractivity contribution in [3.05, 3.63) is 86.4 Å². The first-order valence-electron chi connectivity index (χ1n) is 9.69. The van der Waals surface area contributed by atoms with Gasteiger partial charge in [-0.05, 0) is 86.3 Å². The third kappa shape index (κ3) is 4.96. The Labute approximate surface area is 192 Å². The van der Waals surface area contributed by atoms with Crippen LogP contribution in [0.1, 0.15) is 32.6 Å². The summed E-state index contributed by atoms with van der Waals surface area (Å²) in [6.07, 6.45) is 0. The summed E-state index contributed by atoms with van der Waals surface area (Å²) in [5.74, 6) is -1.92. The molecule has 0 unspecified atom stereocenters. The van der Waals surface area contributed by atoms with Crippen LogP contribution < -0.4 is 15.4 Å². The number of aryl methyl sites for hydroxylation is 2. The van der Waals surface area contributed by atoms with E-state index in [0.717, 1.165) is 44.9 Å². The van der Waals surface area contributed by atoms with E-state index in [1.807, 2.05) is 44.3 Å². The highest BCUT2D eigenvalue weighted by Gasteiger charge is 2.20. The van der Waals surface area contributed by atoms with E-state index >= 15 is 0 Å². The SMILES string of the molecule is Cc1cc(Br)ccc1Oc1c(C)cc(NC(=O)NC(=O)c2c(F)cccc2F)c(C)c1C. The minimum Gasteiger partial charge on any atom is -0.457 e. The van der Waals surface area contributed by atoms with Crippen LogP contribution in [0.5, 0.6) is 11.5 Å². The lowest BCUT2D eigenvalue weighted by Gasteiger charge is -2.19. The Morgan fingerprint density at radius 3 is 2.19 bits per heavy atom. The Morgan fingerprint density at radius 1 is 0.906 bits per heavy atom. The zero-order valence-electron chi connectivity index (χ0n) is 17.9. The molecule has 0 spiro atoms. The molecular weight excluding hydrogens is 482 g/mol. The third-order valence-corrected chi connectivity index (χ3v) is 5.53. The molecule has 3 rings (SSSR count). The molecule has 0 aliphatic carbocycles. The largest absolute Gasteiger partial charge is 0.457 e. The van der Waals surface area contributed by atoms with Gasteiger partial charge in [0, 0.05) is 10.2 Å². The maximum absolute atomic E-state index is 13.8. The molecule has 0 radical (unpaired) electrons. The Kier molecular flexibility index (Phi) is 6.93. The highest BCUT2D eigenvalue weighted by molar-refractivity contribution is 9.10. The summed E-state index contributed by atoms with van der Waals surface area (Å²) in [5.41, 5.74) is 2.86. The van der Waals surface area contributed by atoms with Gasteiger partial charge in [-0.15, -0.1) is 0 Å². The molecule has 166 valence electrons. The van der Waals surface area contributed by atoms with Gasteiger partial charge in [0.2, 0.25) is 0 Å². The Bertz CT molecular complexity index is 1210. The van der Waals surface area contributed by atoms with E-state index in [2.05, 4.69) is 21.2 Å². The minimum absolute atomic E-state index is 0.444. The van der Waals surface area contributed by atoms with Crippen molar-refractivity contribution in [3.63, 3.8) is 0 Å². The van der Waals surface area contributed by atoms with Crippen LogP contribution in [0.4, 0.5) is 19.3 Å².